The second kappa shape index (κ2) is 3.37. The smallest absolute Gasteiger partial charge is 0.129 e. The van der Waals surface area contributed by atoms with E-state index >= 15 is 0 Å². The van der Waals surface area contributed by atoms with Crippen LogP contribution in [0.4, 0.5) is 0 Å². The summed E-state index contributed by atoms with van der Waals surface area (Å²) in [6, 6.07) is 1.79. The van der Waals surface area contributed by atoms with Gasteiger partial charge in [-0.3, -0.25) is 0 Å². The van der Waals surface area contributed by atoms with Crippen LogP contribution in [0.25, 0.3) is 5.57 Å². The molecule has 0 aliphatic heterocycles. The van der Waals surface area contributed by atoms with Crippen LogP contribution in [0.2, 0.25) is 5.15 Å². The lowest BCUT2D eigenvalue weighted by Gasteiger charge is -2.01. The summed E-state index contributed by atoms with van der Waals surface area (Å²) in [5.41, 5.74) is 1.98. The van der Waals surface area contributed by atoms with Crippen LogP contribution < -0.4 is 0 Å². The largest absolute Gasteiger partial charge is 0.243 e. The molecular weight excluding hydrogens is 225 g/mol. The van der Waals surface area contributed by atoms with Gasteiger partial charge in [0.1, 0.15) is 5.15 Å². The highest BCUT2D eigenvalue weighted by Gasteiger charge is 2.00. The van der Waals surface area contributed by atoms with Crippen LogP contribution >= 0.6 is 27.5 Å². The molecule has 1 aromatic rings. The van der Waals surface area contributed by atoms with E-state index in [0.717, 1.165) is 15.6 Å². The molecule has 1 aromatic heterocycles. The van der Waals surface area contributed by atoms with E-state index in [-0.39, 0.29) is 0 Å². The molecule has 1 heterocycles. The maximum atomic E-state index is 5.69. The Balaban J connectivity index is 3.23. The Labute approximate surface area is 79.2 Å². The van der Waals surface area contributed by atoms with Gasteiger partial charge in [0.2, 0.25) is 0 Å². The number of allylic oxidation sites excluding steroid dienone is 1. The molecule has 0 radical (unpaired) electrons. The summed E-state index contributed by atoms with van der Waals surface area (Å²) in [6.07, 6.45) is 1.67. The molecule has 0 unspecified atom stereocenters. The minimum Gasteiger partial charge on any atom is -0.243 e. The normalized spacial score (nSPS) is 9.73. The first-order chi connectivity index (χ1) is 5.11. The zero-order valence-electron chi connectivity index (χ0n) is 6.06. The molecule has 0 aromatic carbocycles. The molecule has 11 heavy (non-hydrogen) atoms. The van der Waals surface area contributed by atoms with E-state index in [1.54, 1.807) is 12.3 Å². The number of hydrogen-bond donors (Lipinski definition) is 0. The number of hydrogen-bond acceptors (Lipinski definition) is 1. The first kappa shape index (κ1) is 8.75. The van der Waals surface area contributed by atoms with Gasteiger partial charge in [-0.1, -0.05) is 18.2 Å². The highest BCUT2D eigenvalue weighted by atomic mass is 79.9. The van der Waals surface area contributed by atoms with E-state index in [2.05, 4.69) is 27.5 Å². The van der Waals surface area contributed by atoms with Gasteiger partial charge in [0, 0.05) is 10.7 Å². The van der Waals surface area contributed by atoms with Gasteiger partial charge >= 0.3 is 0 Å². The topological polar surface area (TPSA) is 12.9 Å². The average molecular weight is 233 g/mol. The van der Waals surface area contributed by atoms with Crippen molar-refractivity contribution in [3.05, 3.63) is 34.0 Å². The number of halogens is 2. The third-order valence-corrected chi connectivity index (χ3v) is 2.12. The van der Waals surface area contributed by atoms with Crippen molar-refractivity contribution in [2.24, 2.45) is 0 Å². The highest BCUT2D eigenvalue weighted by Crippen LogP contribution is 2.24. The lowest BCUT2D eigenvalue weighted by Crippen LogP contribution is -1.83. The van der Waals surface area contributed by atoms with Crippen molar-refractivity contribution in [2.75, 3.05) is 0 Å². The van der Waals surface area contributed by atoms with E-state index in [9.17, 15) is 0 Å². The number of nitrogens with zero attached hydrogens (tertiary/aromatic N) is 1. The number of rotatable bonds is 1. The number of aromatic nitrogens is 1. The quantitative estimate of drug-likeness (QED) is 0.675. The second-order valence-electron chi connectivity index (χ2n) is 2.27. The van der Waals surface area contributed by atoms with Gasteiger partial charge in [0.15, 0.2) is 0 Å². The Hall–Kier alpha value is -0.340. The van der Waals surface area contributed by atoms with Crippen LogP contribution in [-0.2, 0) is 0 Å². The van der Waals surface area contributed by atoms with Gasteiger partial charge in [0.25, 0.3) is 0 Å². The molecule has 0 saturated heterocycles. The summed E-state index contributed by atoms with van der Waals surface area (Å²) in [6.45, 7) is 5.74. The summed E-state index contributed by atoms with van der Waals surface area (Å²) >= 11 is 9.04. The Kier molecular flexibility index (Phi) is 2.68. The fourth-order valence-corrected chi connectivity index (χ4v) is 1.45. The lowest BCUT2D eigenvalue weighted by atomic mass is 10.1. The van der Waals surface area contributed by atoms with Crippen LogP contribution in [0.3, 0.4) is 0 Å². The predicted molar refractivity (Wildman–Crippen MR) is 51.7 cm³/mol. The van der Waals surface area contributed by atoms with Gasteiger partial charge in [-0.05, 0) is 40.1 Å². The van der Waals surface area contributed by atoms with Crippen LogP contribution in [-0.4, -0.2) is 4.98 Å². The predicted octanol–water partition coefficient (Wildman–Crippen LogP) is 3.53. The maximum Gasteiger partial charge on any atom is 0.129 e. The Morgan fingerprint density at radius 1 is 1.73 bits per heavy atom. The SMILES string of the molecule is C=C(C)c1cc(Cl)ncc1Br. The lowest BCUT2D eigenvalue weighted by molar-refractivity contribution is 1.29. The molecule has 0 N–H and O–H groups in total. The van der Waals surface area contributed by atoms with Crippen molar-refractivity contribution < 1.29 is 0 Å². The molecule has 0 bridgehead atoms. The summed E-state index contributed by atoms with van der Waals surface area (Å²) in [5, 5.41) is 0.492. The van der Waals surface area contributed by atoms with E-state index in [1.165, 1.54) is 0 Å². The fourth-order valence-electron chi connectivity index (χ4n) is 0.740. The van der Waals surface area contributed by atoms with Crippen LogP contribution in [0.5, 0.6) is 0 Å². The van der Waals surface area contributed by atoms with Crippen molar-refractivity contribution in [1.82, 2.24) is 4.98 Å². The van der Waals surface area contributed by atoms with Gasteiger partial charge in [-0.15, -0.1) is 0 Å². The fraction of sp³-hybridized carbons (Fsp3) is 0.125. The molecular formula is C8H7BrClN. The molecule has 0 spiro atoms. The van der Waals surface area contributed by atoms with Crippen molar-refractivity contribution in [3.63, 3.8) is 0 Å². The zero-order chi connectivity index (χ0) is 8.43. The van der Waals surface area contributed by atoms with Crippen LogP contribution in [0.1, 0.15) is 12.5 Å². The molecule has 0 aliphatic rings. The van der Waals surface area contributed by atoms with Crippen molar-refractivity contribution in [2.45, 2.75) is 6.92 Å². The molecule has 1 rings (SSSR count). The van der Waals surface area contributed by atoms with Gasteiger partial charge < -0.3 is 0 Å². The van der Waals surface area contributed by atoms with E-state index < -0.39 is 0 Å². The summed E-state index contributed by atoms with van der Waals surface area (Å²) in [4.78, 5) is 3.90. The Morgan fingerprint density at radius 2 is 2.36 bits per heavy atom. The van der Waals surface area contributed by atoms with E-state index in [0.29, 0.717) is 5.15 Å². The molecule has 0 aliphatic carbocycles. The van der Waals surface area contributed by atoms with Gasteiger partial charge in [0.05, 0.1) is 0 Å². The maximum absolute atomic E-state index is 5.69. The molecule has 0 amide bonds. The second-order valence-corrected chi connectivity index (χ2v) is 3.51. The molecule has 3 heteroatoms. The molecule has 0 fully saturated rings. The van der Waals surface area contributed by atoms with E-state index in [1.807, 2.05) is 6.92 Å². The standard InChI is InChI=1S/C8H7BrClN/c1-5(2)6-3-8(10)11-4-7(6)9/h3-4H,1H2,2H3. The van der Waals surface area contributed by atoms with E-state index in [4.69, 9.17) is 11.6 Å². The highest BCUT2D eigenvalue weighted by molar-refractivity contribution is 9.10. The third kappa shape index (κ3) is 2.04. The van der Waals surface area contributed by atoms with Crippen molar-refractivity contribution in [1.29, 1.82) is 0 Å². The molecule has 0 atom stereocenters. The Bertz CT molecular complexity index is 296. The summed E-state index contributed by atoms with van der Waals surface area (Å²) < 4.78 is 0.925. The van der Waals surface area contributed by atoms with Crippen LogP contribution in [0, 0.1) is 0 Å². The molecule has 58 valence electrons. The monoisotopic (exact) mass is 231 g/mol. The van der Waals surface area contributed by atoms with Gasteiger partial charge in [-0.2, -0.15) is 0 Å². The zero-order valence-corrected chi connectivity index (χ0v) is 8.41. The summed E-state index contributed by atoms with van der Waals surface area (Å²) in [7, 11) is 0. The third-order valence-electron chi connectivity index (χ3n) is 1.28. The van der Waals surface area contributed by atoms with Crippen molar-refractivity contribution >= 4 is 33.1 Å². The molecule has 0 saturated carbocycles. The van der Waals surface area contributed by atoms with Crippen LogP contribution in [0.15, 0.2) is 23.3 Å². The minimum absolute atomic E-state index is 0.492. The van der Waals surface area contributed by atoms with Gasteiger partial charge in [-0.25, -0.2) is 4.98 Å². The average Bonchev–Trinajstić information content (AvgIpc) is 1.94. The molecule has 1 nitrogen and oxygen atoms in total. The number of pyridine rings is 1. The van der Waals surface area contributed by atoms with Crippen molar-refractivity contribution in [3.8, 4) is 0 Å². The first-order valence-electron chi connectivity index (χ1n) is 3.08. The Morgan fingerprint density at radius 3 is 2.82 bits per heavy atom. The minimum atomic E-state index is 0.492. The summed E-state index contributed by atoms with van der Waals surface area (Å²) in [5.74, 6) is 0. The first-order valence-corrected chi connectivity index (χ1v) is 4.25.